The van der Waals surface area contributed by atoms with E-state index in [4.69, 9.17) is 21.1 Å². The van der Waals surface area contributed by atoms with E-state index in [0.717, 1.165) is 9.87 Å². The van der Waals surface area contributed by atoms with Gasteiger partial charge >= 0.3 is 0 Å². The summed E-state index contributed by atoms with van der Waals surface area (Å²) < 4.78 is 38.1. The van der Waals surface area contributed by atoms with Crippen molar-refractivity contribution in [3.8, 4) is 11.5 Å². The average Bonchev–Trinajstić information content (AvgIpc) is 2.91. The van der Waals surface area contributed by atoms with E-state index < -0.39 is 28.6 Å². The summed E-state index contributed by atoms with van der Waals surface area (Å²) in [6, 6.07) is 20.3. The minimum Gasteiger partial charge on any atom is -0.495 e. The summed E-state index contributed by atoms with van der Waals surface area (Å²) in [6.45, 7) is -0.224. The fourth-order valence-electron chi connectivity index (χ4n) is 3.85. The SMILES string of the molecule is COc1ccc(S(=O)(=O)N(C)CC(=O)N2C[C@@H](C(=O)NCc3ccccc3)Oc3ccccc32)cc1Cl. The normalized spacial score (nSPS) is 15.0. The van der Waals surface area contributed by atoms with Gasteiger partial charge < -0.3 is 19.7 Å². The van der Waals surface area contributed by atoms with Gasteiger partial charge in [-0.15, -0.1) is 0 Å². The van der Waals surface area contributed by atoms with E-state index in [2.05, 4.69) is 5.32 Å². The number of hydrogen-bond acceptors (Lipinski definition) is 6. The Labute approximate surface area is 220 Å². The van der Waals surface area contributed by atoms with Gasteiger partial charge in [0.2, 0.25) is 15.9 Å². The molecule has 0 fully saturated rings. The minimum atomic E-state index is -4.03. The molecule has 37 heavy (non-hydrogen) atoms. The maximum absolute atomic E-state index is 13.4. The van der Waals surface area contributed by atoms with E-state index in [1.54, 1.807) is 24.3 Å². The molecule has 1 N–H and O–H groups in total. The topological polar surface area (TPSA) is 105 Å². The Morgan fingerprint density at radius 2 is 1.81 bits per heavy atom. The number of nitrogens with one attached hydrogen (secondary N) is 1. The lowest BCUT2D eigenvalue weighted by atomic mass is 10.1. The number of nitrogens with zero attached hydrogens (tertiary/aromatic N) is 2. The van der Waals surface area contributed by atoms with E-state index in [1.165, 1.54) is 37.3 Å². The maximum Gasteiger partial charge on any atom is 0.263 e. The van der Waals surface area contributed by atoms with Gasteiger partial charge in [0.05, 0.1) is 35.8 Å². The number of para-hydroxylation sites is 2. The molecule has 0 unspecified atom stereocenters. The number of methoxy groups -OCH3 is 1. The highest BCUT2D eigenvalue weighted by Crippen LogP contribution is 2.34. The first kappa shape index (κ1) is 26.5. The zero-order valence-corrected chi connectivity index (χ0v) is 21.8. The van der Waals surface area contributed by atoms with E-state index in [9.17, 15) is 18.0 Å². The molecule has 1 heterocycles. The molecule has 9 nitrogen and oxygen atoms in total. The van der Waals surface area contributed by atoms with Gasteiger partial charge in [0.25, 0.3) is 5.91 Å². The van der Waals surface area contributed by atoms with Gasteiger partial charge in [0.15, 0.2) is 6.10 Å². The number of fused-ring (bicyclic) bond motifs is 1. The third kappa shape index (κ3) is 5.87. The highest BCUT2D eigenvalue weighted by molar-refractivity contribution is 7.89. The second-order valence-electron chi connectivity index (χ2n) is 8.34. The number of carbonyl (C=O) groups excluding carboxylic acids is 2. The number of hydrogen-bond donors (Lipinski definition) is 1. The first-order valence-electron chi connectivity index (χ1n) is 11.4. The Morgan fingerprint density at radius 1 is 1.11 bits per heavy atom. The molecule has 1 aliphatic rings. The molecule has 0 saturated carbocycles. The lowest BCUT2D eigenvalue weighted by Crippen LogP contribution is -2.52. The van der Waals surface area contributed by atoms with Crippen LogP contribution in [0.2, 0.25) is 5.02 Å². The quantitative estimate of drug-likeness (QED) is 0.468. The molecule has 0 aliphatic carbocycles. The van der Waals surface area contributed by atoms with Crippen LogP contribution < -0.4 is 19.7 Å². The zero-order chi connectivity index (χ0) is 26.6. The summed E-state index contributed by atoms with van der Waals surface area (Å²) in [7, 11) is -1.30. The lowest BCUT2D eigenvalue weighted by Gasteiger charge is -2.35. The first-order valence-corrected chi connectivity index (χ1v) is 13.2. The van der Waals surface area contributed by atoms with E-state index in [1.807, 2.05) is 30.3 Å². The van der Waals surface area contributed by atoms with Crippen LogP contribution in [0.5, 0.6) is 11.5 Å². The van der Waals surface area contributed by atoms with Crippen molar-refractivity contribution in [1.29, 1.82) is 0 Å². The van der Waals surface area contributed by atoms with Gasteiger partial charge in [-0.1, -0.05) is 54.1 Å². The minimum absolute atomic E-state index is 0.0707. The van der Waals surface area contributed by atoms with Crippen molar-refractivity contribution in [1.82, 2.24) is 9.62 Å². The van der Waals surface area contributed by atoms with E-state index in [-0.39, 0.29) is 22.4 Å². The van der Waals surface area contributed by atoms with Crippen LogP contribution in [-0.4, -0.2) is 57.9 Å². The lowest BCUT2D eigenvalue weighted by molar-refractivity contribution is -0.128. The second kappa shape index (κ2) is 11.2. The monoisotopic (exact) mass is 543 g/mol. The fraction of sp³-hybridized carbons (Fsp3) is 0.231. The van der Waals surface area contributed by atoms with Crippen LogP contribution in [0, 0.1) is 0 Å². The molecule has 11 heteroatoms. The number of amides is 2. The van der Waals surface area contributed by atoms with Crippen LogP contribution in [0.1, 0.15) is 5.56 Å². The molecular weight excluding hydrogens is 518 g/mol. The summed E-state index contributed by atoms with van der Waals surface area (Å²) in [5.41, 5.74) is 1.38. The highest BCUT2D eigenvalue weighted by atomic mass is 35.5. The average molecular weight is 544 g/mol. The van der Waals surface area contributed by atoms with Gasteiger partial charge in [-0.05, 0) is 35.9 Å². The predicted molar refractivity (Wildman–Crippen MR) is 139 cm³/mol. The third-order valence-corrected chi connectivity index (χ3v) is 7.96. The molecule has 194 valence electrons. The van der Waals surface area contributed by atoms with Gasteiger partial charge in [0.1, 0.15) is 11.5 Å². The zero-order valence-electron chi connectivity index (χ0n) is 20.3. The molecular formula is C26H26ClN3O6S. The van der Waals surface area contributed by atoms with Crippen LogP contribution in [0.15, 0.2) is 77.7 Å². The van der Waals surface area contributed by atoms with E-state index in [0.29, 0.717) is 23.7 Å². The number of anilines is 1. The summed E-state index contributed by atoms with van der Waals surface area (Å²) in [6.07, 6.45) is -0.968. The number of likely N-dealkylation sites (N-methyl/N-ethyl adjacent to an activating group) is 1. The van der Waals surface area contributed by atoms with Crippen LogP contribution in [0.3, 0.4) is 0 Å². The Hall–Kier alpha value is -3.60. The van der Waals surface area contributed by atoms with Crippen LogP contribution in [-0.2, 0) is 26.2 Å². The predicted octanol–water partition coefficient (Wildman–Crippen LogP) is 3.08. The Bertz CT molecular complexity index is 1400. The van der Waals surface area contributed by atoms with Crippen LogP contribution in [0.4, 0.5) is 5.69 Å². The van der Waals surface area contributed by atoms with Crippen molar-refractivity contribution in [2.45, 2.75) is 17.5 Å². The van der Waals surface area contributed by atoms with Gasteiger partial charge in [-0.2, -0.15) is 4.31 Å². The number of benzene rings is 3. The number of carbonyl (C=O) groups is 2. The molecule has 0 radical (unpaired) electrons. The maximum atomic E-state index is 13.4. The molecule has 3 aromatic carbocycles. The Morgan fingerprint density at radius 3 is 2.51 bits per heavy atom. The van der Waals surface area contributed by atoms with Crippen molar-refractivity contribution in [2.75, 3.05) is 32.1 Å². The van der Waals surface area contributed by atoms with Crippen LogP contribution >= 0.6 is 11.6 Å². The molecule has 1 aliphatic heterocycles. The number of halogens is 1. The first-order chi connectivity index (χ1) is 17.7. The van der Waals surface area contributed by atoms with Crippen molar-refractivity contribution in [3.63, 3.8) is 0 Å². The second-order valence-corrected chi connectivity index (χ2v) is 10.8. The van der Waals surface area contributed by atoms with Crippen molar-refractivity contribution >= 4 is 39.1 Å². The number of sulfonamides is 1. The van der Waals surface area contributed by atoms with Crippen molar-refractivity contribution in [2.24, 2.45) is 0 Å². The van der Waals surface area contributed by atoms with Gasteiger partial charge in [0, 0.05) is 13.6 Å². The Balaban J connectivity index is 1.50. The largest absolute Gasteiger partial charge is 0.495 e. The molecule has 0 saturated heterocycles. The highest BCUT2D eigenvalue weighted by Gasteiger charge is 2.35. The van der Waals surface area contributed by atoms with Gasteiger partial charge in [-0.3, -0.25) is 9.59 Å². The molecule has 3 aromatic rings. The molecule has 4 rings (SSSR count). The summed E-state index contributed by atoms with van der Waals surface area (Å²) >= 11 is 6.10. The molecule has 0 bridgehead atoms. The number of ether oxygens (including phenoxy) is 2. The third-order valence-electron chi connectivity index (χ3n) is 5.87. The summed E-state index contributed by atoms with van der Waals surface area (Å²) in [4.78, 5) is 27.5. The molecule has 1 atom stereocenters. The van der Waals surface area contributed by atoms with Crippen molar-refractivity contribution in [3.05, 3.63) is 83.4 Å². The molecule has 0 aromatic heterocycles. The van der Waals surface area contributed by atoms with E-state index >= 15 is 0 Å². The van der Waals surface area contributed by atoms with Crippen molar-refractivity contribution < 1.29 is 27.5 Å². The summed E-state index contributed by atoms with van der Waals surface area (Å²) in [5.74, 6) is -0.206. The molecule has 0 spiro atoms. The molecule has 2 amide bonds. The Kier molecular flexibility index (Phi) is 8.01. The standard InChI is InChI=1S/C26H26ClN3O6S/c1-29(37(33,34)19-12-13-22(35-2)20(27)14-19)17-25(31)30-16-24(36-23-11-7-6-10-21(23)30)26(32)28-15-18-8-4-3-5-9-18/h3-14,24H,15-17H2,1-2H3,(H,28,32)/t24-/m0/s1. The van der Waals surface area contributed by atoms with Gasteiger partial charge in [-0.25, -0.2) is 8.42 Å². The number of rotatable bonds is 8. The summed E-state index contributed by atoms with van der Waals surface area (Å²) in [5, 5.41) is 2.96. The van der Waals surface area contributed by atoms with Crippen LogP contribution in [0.25, 0.3) is 0 Å². The smallest absolute Gasteiger partial charge is 0.263 e. The fourth-order valence-corrected chi connectivity index (χ4v) is 5.32.